The number of hydrogen-bond acceptors (Lipinski definition) is 3. The summed E-state index contributed by atoms with van der Waals surface area (Å²) in [6.07, 6.45) is 2.61. The van der Waals surface area contributed by atoms with Crippen LogP contribution < -0.4 is 10.1 Å². The zero-order chi connectivity index (χ0) is 18.5. The molecule has 0 aromatic heterocycles. The van der Waals surface area contributed by atoms with E-state index in [1.807, 2.05) is 48.5 Å². The minimum Gasteiger partial charge on any atom is -0.496 e. The summed E-state index contributed by atoms with van der Waals surface area (Å²) in [6, 6.07) is 14.9. The van der Waals surface area contributed by atoms with Gasteiger partial charge in [0.05, 0.1) is 7.11 Å². The van der Waals surface area contributed by atoms with E-state index in [1.54, 1.807) is 19.1 Å². The van der Waals surface area contributed by atoms with Crippen LogP contribution in [0, 0.1) is 0 Å². The fraction of sp³-hybridized carbons (Fsp3) is 0.333. The first-order valence-electron chi connectivity index (χ1n) is 8.91. The number of benzene rings is 2. The number of hydrogen-bond donors (Lipinski definition) is 1. The van der Waals surface area contributed by atoms with E-state index in [2.05, 4.69) is 5.32 Å². The van der Waals surface area contributed by atoms with Crippen LogP contribution in [0.2, 0.25) is 0 Å². The van der Waals surface area contributed by atoms with Crippen LogP contribution in [-0.4, -0.2) is 43.5 Å². The average molecular weight is 352 g/mol. The van der Waals surface area contributed by atoms with E-state index in [-0.39, 0.29) is 17.9 Å². The van der Waals surface area contributed by atoms with E-state index in [1.165, 1.54) is 0 Å². The van der Waals surface area contributed by atoms with Gasteiger partial charge in [-0.05, 0) is 43.0 Å². The highest BCUT2D eigenvalue weighted by Gasteiger charge is 2.31. The standard InChI is InChI=1S/C21H24N2O3/c1-22-20(24)18-8-5-6-14-23(18)21(25)16-12-10-15(11-13-16)17-7-3-4-9-19(17)26-2/h3-4,7,9-13,18H,5-6,8,14H2,1-2H3,(H,22,24). The fourth-order valence-corrected chi connectivity index (χ4v) is 3.46. The molecule has 1 fully saturated rings. The summed E-state index contributed by atoms with van der Waals surface area (Å²) in [5.41, 5.74) is 2.56. The predicted molar refractivity (Wildman–Crippen MR) is 101 cm³/mol. The van der Waals surface area contributed by atoms with Crippen LogP contribution in [0.5, 0.6) is 5.75 Å². The molecule has 136 valence electrons. The van der Waals surface area contributed by atoms with Crippen LogP contribution >= 0.6 is 0 Å². The van der Waals surface area contributed by atoms with Gasteiger partial charge in [0.1, 0.15) is 11.8 Å². The van der Waals surface area contributed by atoms with Crippen molar-refractivity contribution in [3.63, 3.8) is 0 Å². The number of carbonyl (C=O) groups is 2. The van der Waals surface area contributed by atoms with Crippen LogP contribution in [0.4, 0.5) is 0 Å². The van der Waals surface area contributed by atoms with E-state index >= 15 is 0 Å². The predicted octanol–water partition coefficient (Wildman–Crippen LogP) is 3.10. The largest absolute Gasteiger partial charge is 0.496 e. The Morgan fingerprint density at radius 1 is 1.08 bits per heavy atom. The number of piperidine rings is 1. The molecule has 1 unspecified atom stereocenters. The number of amides is 2. The van der Waals surface area contributed by atoms with Crippen LogP contribution in [0.1, 0.15) is 29.6 Å². The monoisotopic (exact) mass is 352 g/mol. The first-order valence-corrected chi connectivity index (χ1v) is 8.91. The van der Waals surface area contributed by atoms with Gasteiger partial charge in [-0.3, -0.25) is 9.59 Å². The van der Waals surface area contributed by atoms with E-state index in [0.29, 0.717) is 18.5 Å². The average Bonchev–Trinajstić information content (AvgIpc) is 2.72. The Labute approximate surface area is 154 Å². The van der Waals surface area contributed by atoms with E-state index in [9.17, 15) is 9.59 Å². The molecule has 0 aliphatic carbocycles. The minimum atomic E-state index is -0.379. The van der Waals surface area contributed by atoms with Crippen molar-refractivity contribution in [3.8, 4) is 16.9 Å². The van der Waals surface area contributed by atoms with Gasteiger partial charge in [0.15, 0.2) is 0 Å². The number of nitrogens with zero attached hydrogens (tertiary/aromatic N) is 1. The highest BCUT2D eigenvalue weighted by Crippen LogP contribution is 2.30. The SMILES string of the molecule is CNC(=O)C1CCCCN1C(=O)c1ccc(-c2ccccc2OC)cc1. The first-order chi connectivity index (χ1) is 12.7. The Hall–Kier alpha value is -2.82. The molecule has 1 atom stereocenters. The number of nitrogens with one attached hydrogen (secondary N) is 1. The molecule has 5 nitrogen and oxygen atoms in total. The molecule has 2 aromatic rings. The molecule has 5 heteroatoms. The summed E-state index contributed by atoms with van der Waals surface area (Å²) in [5, 5.41) is 2.67. The Kier molecular flexibility index (Phi) is 5.56. The third-order valence-electron chi connectivity index (χ3n) is 4.86. The molecule has 2 aromatic carbocycles. The topological polar surface area (TPSA) is 58.6 Å². The zero-order valence-electron chi connectivity index (χ0n) is 15.2. The number of likely N-dealkylation sites (tertiary alicyclic amines) is 1. The van der Waals surface area contributed by atoms with Crippen molar-refractivity contribution in [2.75, 3.05) is 20.7 Å². The molecule has 0 spiro atoms. The lowest BCUT2D eigenvalue weighted by Gasteiger charge is -2.34. The summed E-state index contributed by atoms with van der Waals surface area (Å²) in [7, 11) is 3.26. The van der Waals surface area contributed by atoms with Gasteiger partial charge >= 0.3 is 0 Å². The molecule has 0 bridgehead atoms. The van der Waals surface area contributed by atoms with Crippen LogP contribution in [0.25, 0.3) is 11.1 Å². The summed E-state index contributed by atoms with van der Waals surface area (Å²) < 4.78 is 5.41. The molecule has 1 saturated heterocycles. The first kappa shape index (κ1) is 18.0. The maximum atomic E-state index is 12.9. The highest BCUT2D eigenvalue weighted by molar-refractivity contribution is 5.98. The van der Waals surface area contributed by atoms with Crippen molar-refractivity contribution in [1.29, 1.82) is 0 Å². The molecular formula is C21H24N2O3. The van der Waals surface area contributed by atoms with E-state index in [0.717, 1.165) is 29.7 Å². The molecule has 1 aliphatic rings. The maximum Gasteiger partial charge on any atom is 0.254 e. The van der Waals surface area contributed by atoms with Crippen LogP contribution in [-0.2, 0) is 4.79 Å². The second kappa shape index (κ2) is 8.04. The van der Waals surface area contributed by atoms with Crippen LogP contribution in [0.15, 0.2) is 48.5 Å². The third kappa shape index (κ3) is 3.57. The van der Waals surface area contributed by atoms with Crippen molar-refractivity contribution in [2.45, 2.75) is 25.3 Å². The Morgan fingerprint density at radius 2 is 1.81 bits per heavy atom. The Morgan fingerprint density at radius 3 is 2.50 bits per heavy atom. The van der Waals surface area contributed by atoms with Gasteiger partial charge < -0.3 is 15.0 Å². The van der Waals surface area contributed by atoms with Gasteiger partial charge in [-0.15, -0.1) is 0 Å². The van der Waals surface area contributed by atoms with Crippen molar-refractivity contribution < 1.29 is 14.3 Å². The normalized spacial score (nSPS) is 16.8. The summed E-state index contributed by atoms with van der Waals surface area (Å²) in [4.78, 5) is 26.7. The Bertz CT molecular complexity index is 786. The second-order valence-corrected chi connectivity index (χ2v) is 6.40. The lowest BCUT2D eigenvalue weighted by molar-refractivity contribution is -0.126. The number of para-hydroxylation sites is 1. The van der Waals surface area contributed by atoms with E-state index in [4.69, 9.17) is 4.74 Å². The van der Waals surface area contributed by atoms with Gasteiger partial charge in [0.2, 0.25) is 5.91 Å². The fourth-order valence-electron chi connectivity index (χ4n) is 3.46. The van der Waals surface area contributed by atoms with Gasteiger partial charge in [0.25, 0.3) is 5.91 Å². The molecule has 0 radical (unpaired) electrons. The third-order valence-corrected chi connectivity index (χ3v) is 4.86. The molecule has 1 aliphatic heterocycles. The van der Waals surface area contributed by atoms with Crippen molar-refractivity contribution >= 4 is 11.8 Å². The Balaban J connectivity index is 1.83. The van der Waals surface area contributed by atoms with Crippen molar-refractivity contribution in [3.05, 3.63) is 54.1 Å². The van der Waals surface area contributed by atoms with Crippen molar-refractivity contribution in [2.24, 2.45) is 0 Å². The molecule has 1 N–H and O–H groups in total. The molecular weight excluding hydrogens is 328 g/mol. The van der Waals surface area contributed by atoms with Gasteiger partial charge in [-0.25, -0.2) is 0 Å². The molecule has 26 heavy (non-hydrogen) atoms. The number of ether oxygens (including phenoxy) is 1. The molecule has 1 heterocycles. The smallest absolute Gasteiger partial charge is 0.254 e. The quantitative estimate of drug-likeness (QED) is 0.920. The lowest BCUT2D eigenvalue weighted by Crippen LogP contribution is -2.51. The summed E-state index contributed by atoms with van der Waals surface area (Å²) >= 11 is 0. The zero-order valence-corrected chi connectivity index (χ0v) is 15.2. The molecule has 0 saturated carbocycles. The van der Waals surface area contributed by atoms with Gasteiger partial charge in [-0.2, -0.15) is 0 Å². The van der Waals surface area contributed by atoms with Crippen molar-refractivity contribution in [1.82, 2.24) is 10.2 Å². The number of likely N-dealkylation sites (N-methyl/N-ethyl adjacent to an activating group) is 1. The number of rotatable bonds is 4. The summed E-state index contributed by atoms with van der Waals surface area (Å²) in [5.74, 6) is 0.607. The number of carbonyl (C=O) groups excluding carboxylic acids is 2. The summed E-state index contributed by atoms with van der Waals surface area (Å²) in [6.45, 7) is 0.616. The minimum absolute atomic E-state index is 0.0927. The lowest BCUT2D eigenvalue weighted by atomic mass is 9.99. The van der Waals surface area contributed by atoms with Crippen LogP contribution in [0.3, 0.4) is 0 Å². The van der Waals surface area contributed by atoms with Gasteiger partial charge in [-0.1, -0.05) is 30.3 Å². The van der Waals surface area contributed by atoms with E-state index < -0.39 is 0 Å². The highest BCUT2D eigenvalue weighted by atomic mass is 16.5. The molecule has 2 amide bonds. The maximum absolute atomic E-state index is 12.9. The second-order valence-electron chi connectivity index (χ2n) is 6.40. The molecule has 3 rings (SSSR count). The van der Waals surface area contributed by atoms with Gasteiger partial charge in [0, 0.05) is 24.7 Å². The number of methoxy groups -OCH3 is 1.